The van der Waals surface area contributed by atoms with Crippen molar-refractivity contribution < 1.29 is 24.3 Å². The SMILES string of the molecule is CC1(C)S[C@@H]2[C@H](NC(=O)CCC(=O)c3ccc(-c4ccccc4)cc3)C(=O)N2[C@H]1C(=O)O. The molecule has 2 aromatic carbocycles. The van der Waals surface area contributed by atoms with Crippen LogP contribution in [-0.4, -0.2) is 55.8 Å². The van der Waals surface area contributed by atoms with Crippen molar-refractivity contribution in [1.82, 2.24) is 10.2 Å². The minimum Gasteiger partial charge on any atom is -0.480 e. The van der Waals surface area contributed by atoms with E-state index in [1.165, 1.54) is 16.7 Å². The Morgan fingerprint density at radius 3 is 2.25 bits per heavy atom. The number of thioether (sulfide) groups is 1. The number of aliphatic carboxylic acids is 1. The molecule has 2 saturated heterocycles. The number of carboxylic acids is 1. The van der Waals surface area contributed by atoms with Crippen molar-refractivity contribution >= 4 is 35.3 Å². The van der Waals surface area contributed by atoms with Crippen LogP contribution in [0, 0.1) is 0 Å². The van der Waals surface area contributed by atoms with Gasteiger partial charge in [0.05, 0.1) is 0 Å². The van der Waals surface area contributed by atoms with Crippen molar-refractivity contribution in [1.29, 1.82) is 0 Å². The van der Waals surface area contributed by atoms with Gasteiger partial charge in [0, 0.05) is 23.2 Å². The lowest BCUT2D eigenvalue weighted by molar-refractivity contribution is -0.161. The van der Waals surface area contributed by atoms with Gasteiger partial charge in [0.2, 0.25) is 11.8 Å². The summed E-state index contributed by atoms with van der Waals surface area (Å²) < 4.78 is -0.645. The lowest BCUT2D eigenvalue weighted by Crippen LogP contribution is -2.70. The van der Waals surface area contributed by atoms with Crippen LogP contribution in [-0.2, 0) is 14.4 Å². The minimum absolute atomic E-state index is 0.0300. The first-order valence-electron chi connectivity index (χ1n) is 10.4. The van der Waals surface area contributed by atoms with Crippen LogP contribution in [0.1, 0.15) is 37.0 Å². The lowest BCUT2D eigenvalue weighted by Gasteiger charge is -2.43. The zero-order valence-electron chi connectivity index (χ0n) is 17.8. The third kappa shape index (κ3) is 4.02. The largest absolute Gasteiger partial charge is 0.480 e. The molecule has 2 fully saturated rings. The molecule has 2 N–H and O–H groups in total. The average Bonchev–Trinajstić information content (AvgIpc) is 3.04. The number of Topliss-reactive ketones (excluding diaryl/α,β-unsaturated/α-hetero) is 1. The second-order valence-corrected chi connectivity index (χ2v) is 10.3. The summed E-state index contributed by atoms with van der Waals surface area (Å²) in [4.78, 5) is 50.2. The van der Waals surface area contributed by atoms with E-state index in [0.717, 1.165) is 11.1 Å². The molecule has 2 aliphatic rings. The molecule has 2 aromatic rings. The van der Waals surface area contributed by atoms with Crippen molar-refractivity contribution in [3.63, 3.8) is 0 Å². The molecule has 0 aromatic heterocycles. The number of benzene rings is 2. The Morgan fingerprint density at radius 1 is 1.00 bits per heavy atom. The van der Waals surface area contributed by atoms with Crippen LogP contribution in [0.3, 0.4) is 0 Å². The number of carbonyl (C=O) groups is 4. The van der Waals surface area contributed by atoms with E-state index < -0.39 is 40.0 Å². The number of hydrogen-bond donors (Lipinski definition) is 2. The van der Waals surface area contributed by atoms with Gasteiger partial charge in [-0.15, -0.1) is 11.8 Å². The Morgan fingerprint density at radius 2 is 1.62 bits per heavy atom. The lowest BCUT2D eigenvalue weighted by atomic mass is 9.96. The molecular formula is C24H24N2O5S. The topological polar surface area (TPSA) is 104 Å². The van der Waals surface area contributed by atoms with Gasteiger partial charge in [-0.05, 0) is 25.0 Å². The van der Waals surface area contributed by atoms with E-state index in [4.69, 9.17) is 0 Å². The zero-order valence-corrected chi connectivity index (χ0v) is 18.6. The first-order valence-corrected chi connectivity index (χ1v) is 11.3. The van der Waals surface area contributed by atoms with Crippen molar-refractivity contribution in [2.75, 3.05) is 0 Å². The highest BCUT2D eigenvalue weighted by atomic mass is 32.2. The molecule has 0 unspecified atom stereocenters. The van der Waals surface area contributed by atoms with Crippen LogP contribution in [0.25, 0.3) is 11.1 Å². The van der Waals surface area contributed by atoms with Gasteiger partial charge in [-0.3, -0.25) is 14.4 Å². The third-order valence-electron chi connectivity index (χ3n) is 5.88. The minimum atomic E-state index is -1.05. The summed E-state index contributed by atoms with van der Waals surface area (Å²) in [5.74, 6) is -1.98. The highest BCUT2D eigenvalue weighted by molar-refractivity contribution is 8.01. The first kappa shape index (κ1) is 22.1. The number of fused-ring (bicyclic) bond motifs is 1. The van der Waals surface area contributed by atoms with Crippen molar-refractivity contribution in [3.8, 4) is 11.1 Å². The fraction of sp³-hybridized carbons (Fsp3) is 0.333. The van der Waals surface area contributed by atoms with Gasteiger partial charge < -0.3 is 15.3 Å². The van der Waals surface area contributed by atoms with Gasteiger partial charge in [0.1, 0.15) is 17.5 Å². The molecule has 166 valence electrons. The van der Waals surface area contributed by atoms with Crippen molar-refractivity contribution in [3.05, 3.63) is 60.2 Å². The van der Waals surface area contributed by atoms with Crippen LogP contribution >= 0.6 is 11.8 Å². The number of rotatable bonds is 7. The van der Waals surface area contributed by atoms with E-state index in [1.807, 2.05) is 42.5 Å². The molecule has 3 atom stereocenters. The molecule has 0 radical (unpaired) electrons. The molecule has 2 aliphatic heterocycles. The summed E-state index contributed by atoms with van der Waals surface area (Å²) in [5, 5.41) is 11.7. The smallest absolute Gasteiger partial charge is 0.327 e. The quantitative estimate of drug-likeness (QED) is 0.495. The molecule has 2 heterocycles. The van der Waals surface area contributed by atoms with Crippen LogP contribution in [0.2, 0.25) is 0 Å². The highest BCUT2D eigenvalue weighted by Gasteiger charge is 2.64. The van der Waals surface area contributed by atoms with Gasteiger partial charge in [-0.25, -0.2) is 4.79 Å². The standard InChI is InChI=1S/C24H24N2O5S/c1-24(2)20(23(30)31)26-21(29)19(22(26)32-24)25-18(28)13-12-17(27)16-10-8-15(9-11-16)14-6-4-3-5-7-14/h3-11,19-20,22H,12-13H2,1-2H3,(H,25,28)(H,30,31)/t19-,20+,22-/m1/s1. The Bertz CT molecular complexity index is 1070. The number of ketones is 1. The number of nitrogens with one attached hydrogen (secondary N) is 1. The average molecular weight is 453 g/mol. The summed E-state index contributed by atoms with van der Waals surface area (Å²) in [6.07, 6.45) is -0.00557. The van der Waals surface area contributed by atoms with Crippen molar-refractivity contribution in [2.24, 2.45) is 0 Å². The monoisotopic (exact) mass is 452 g/mol. The van der Waals surface area contributed by atoms with E-state index >= 15 is 0 Å². The van der Waals surface area contributed by atoms with Crippen LogP contribution in [0.15, 0.2) is 54.6 Å². The van der Waals surface area contributed by atoms with Crippen LogP contribution < -0.4 is 5.32 Å². The second-order valence-electron chi connectivity index (χ2n) is 8.51. The van der Waals surface area contributed by atoms with E-state index in [2.05, 4.69) is 5.32 Å². The maximum absolute atomic E-state index is 12.5. The van der Waals surface area contributed by atoms with E-state index in [-0.39, 0.29) is 18.6 Å². The first-order chi connectivity index (χ1) is 15.2. The van der Waals surface area contributed by atoms with Gasteiger partial charge in [0.15, 0.2) is 5.78 Å². The third-order valence-corrected chi connectivity index (χ3v) is 7.46. The fourth-order valence-corrected chi connectivity index (χ4v) is 5.87. The summed E-state index contributed by atoms with van der Waals surface area (Å²) >= 11 is 1.37. The van der Waals surface area contributed by atoms with E-state index in [0.29, 0.717) is 5.56 Å². The van der Waals surface area contributed by atoms with Crippen LogP contribution in [0.5, 0.6) is 0 Å². The van der Waals surface area contributed by atoms with E-state index in [9.17, 15) is 24.3 Å². The molecule has 7 nitrogen and oxygen atoms in total. The summed E-state index contributed by atoms with van der Waals surface area (Å²) in [5.41, 5.74) is 2.59. The van der Waals surface area contributed by atoms with Crippen LogP contribution in [0.4, 0.5) is 0 Å². The molecular weight excluding hydrogens is 428 g/mol. The number of carbonyl (C=O) groups excluding carboxylic acids is 3. The molecule has 0 spiro atoms. The molecule has 8 heteroatoms. The molecule has 4 rings (SSSR count). The second kappa shape index (κ2) is 8.43. The number of nitrogens with zero attached hydrogens (tertiary/aromatic N) is 1. The number of β-lactam (4-membered cyclic amide) rings is 1. The normalized spacial score (nSPS) is 23.2. The maximum Gasteiger partial charge on any atom is 0.327 e. The predicted octanol–water partition coefficient (Wildman–Crippen LogP) is 2.95. The Labute approximate surface area is 190 Å². The zero-order chi connectivity index (χ0) is 23.0. The fourth-order valence-electron chi connectivity index (χ4n) is 4.24. The predicted molar refractivity (Wildman–Crippen MR) is 121 cm³/mol. The number of carboxylic acid groups (broad SMARTS) is 1. The van der Waals surface area contributed by atoms with E-state index in [1.54, 1.807) is 26.0 Å². The maximum atomic E-state index is 12.5. The van der Waals surface area contributed by atoms with Gasteiger partial charge >= 0.3 is 5.97 Å². The summed E-state index contributed by atoms with van der Waals surface area (Å²) in [6.45, 7) is 3.56. The summed E-state index contributed by atoms with van der Waals surface area (Å²) in [7, 11) is 0. The molecule has 0 aliphatic carbocycles. The van der Waals surface area contributed by atoms with Crippen molar-refractivity contribution in [2.45, 2.75) is 48.9 Å². The molecule has 0 saturated carbocycles. The molecule has 32 heavy (non-hydrogen) atoms. The molecule has 0 bridgehead atoms. The highest BCUT2D eigenvalue weighted by Crippen LogP contribution is 2.50. The Kier molecular flexibility index (Phi) is 5.81. The molecule has 2 amide bonds. The van der Waals surface area contributed by atoms with Gasteiger partial charge in [-0.2, -0.15) is 0 Å². The number of amides is 2. The van der Waals surface area contributed by atoms with Gasteiger partial charge in [-0.1, -0.05) is 54.6 Å². The van der Waals surface area contributed by atoms with Gasteiger partial charge in [0.25, 0.3) is 0 Å². The number of hydrogen-bond acceptors (Lipinski definition) is 5. The Hall–Kier alpha value is -3.13. The Balaban J connectivity index is 1.31. The summed E-state index contributed by atoms with van der Waals surface area (Å²) in [6, 6.07) is 15.4.